The third-order valence-electron chi connectivity index (χ3n) is 1.68. The molecule has 0 amide bonds. The first-order chi connectivity index (χ1) is 7.40. The Morgan fingerprint density at radius 1 is 1.00 bits per heavy atom. The number of hydrogen-bond donors (Lipinski definition) is 2. The Labute approximate surface area is 87.8 Å². The molecule has 0 saturated carbocycles. The number of benzene rings is 1. The first-order valence-electron chi connectivity index (χ1n) is 3.91. The highest BCUT2D eigenvalue weighted by molar-refractivity contribution is 6.33. The molecule has 1 aromatic carbocycles. The van der Waals surface area contributed by atoms with Crippen molar-refractivity contribution in [3.8, 4) is 5.75 Å². The molecule has 1 aromatic rings. The highest BCUT2D eigenvalue weighted by atomic mass is 19.2. The summed E-state index contributed by atoms with van der Waals surface area (Å²) in [7, 11) is -2.60. The van der Waals surface area contributed by atoms with E-state index in [0.29, 0.717) is 6.08 Å². The molecule has 16 heavy (non-hydrogen) atoms. The summed E-state index contributed by atoms with van der Waals surface area (Å²) in [5.74, 6) is -8.76. The van der Waals surface area contributed by atoms with E-state index in [-0.39, 0.29) is 0 Å². The average Bonchev–Trinajstić information content (AvgIpc) is 2.22. The van der Waals surface area contributed by atoms with E-state index in [9.17, 15) is 17.6 Å². The topological polar surface area (TPSA) is 49.7 Å². The fraction of sp³-hybridized carbons (Fsp3) is 0. The molecular formula is C8H5BF4O3. The summed E-state index contributed by atoms with van der Waals surface area (Å²) >= 11 is 0. The van der Waals surface area contributed by atoms with Gasteiger partial charge in [-0.1, -0.05) is 12.7 Å². The summed E-state index contributed by atoms with van der Waals surface area (Å²) in [5.41, 5.74) is -1.00. The normalized spacial score (nSPS) is 10.1. The predicted molar refractivity (Wildman–Crippen MR) is 47.2 cm³/mol. The second kappa shape index (κ2) is 4.54. The third kappa shape index (κ3) is 2.02. The molecule has 0 aliphatic carbocycles. The van der Waals surface area contributed by atoms with Gasteiger partial charge in [-0.25, -0.2) is 8.78 Å². The standard InChI is InChI=1S/C8H5BF4O3/c1-2-3-4(10)6(12)8(16-9(14)15)7(13)5(3)11/h2,14-15H,1H2. The maximum atomic E-state index is 13.1. The molecule has 0 saturated heterocycles. The largest absolute Gasteiger partial charge is 0.707 e. The first-order valence-corrected chi connectivity index (χ1v) is 3.91. The number of halogens is 4. The quantitative estimate of drug-likeness (QED) is 0.471. The molecule has 0 spiro atoms. The lowest BCUT2D eigenvalue weighted by molar-refractivity contribution is 0.268. The van der Waals surface area contributed by atoms with E-state index in [2.05, 4.69) is 11.2 Å². The van der Waals surface area contributed by atoms with Crippen LogP contribution in [0.4, 0.5) is 17.6 Å². The van der Waals surface area contributed by atoms with E-state index >= 15 is 0 Å². The van der Waals surface area contributed by atoms with Gasteiger partial charge in [0.2, 0.25) is 11.6 Å². The van der Waals surface area contributed by atoms with Gasteiger partial charge in [0.15, 0.2) is 17.4 Å². The van der Waals surface area contributed by atoms with Gasteiger partial charge in [-0.05, 0) is 0 Å². The maximum Gasteiger partial charge on any atom is 0.707 e. The molecule has 0 atom stereocenters. The molecule has 0 aliphatic heterocycles. The lowest BCUT2D eigenvalue weighted by atomic mass is 10.1. The van der Waals surface area contributed by atoms with Gasteiger partial charge in [-0.15, -0.1) is 0 Å². The van der Waals surface area contributed by atoms with Crippen LogP contribution >= 0.6 is 0 Å². The van der Waals surface area contributed by atoms with Crippen molar-refractivity contribution >= 4 is 13.4 Å². The van der Waals surface area contributed by atoms with Crippen LogP contribution < -0.4 is 4.65 Å². The molecule has 2 N–H and O–H groups in total. The van der Waals surface area contributed by atoms with Crippen LogP contribution in [0.3, 0.4) is 0 Å². The van der Waals surface area contributed by atoms with Crippen LogP contribution in [0, 0.1) is 23.3 Å². The van der Waals surface area contributed by atoms with Gasteiger partial charge in [0.05, 0.1) is 5.56 Å². The summed E-state index contributed by atoms with van der Waals surface area (Å²) in [5, 5.41) is 16.6. The molecule has 3 nitrogen and oxygen atoms in total. The Hall–Kier alpha value is -1.54. The summed E-state index contributed by atoms with van der Waals surface area (Å²) in [6.45, 7) is 2.97. The Bertz CT molecular complexity index is 407. The zero-order valence-electron chi connectivity index (χ0n) is 7.68. The van der Waals surface area contributed by atoms with Crippen LogP contribution in [-0.2, 0) is 0 Å². The molecular weight excluding hydrogens is 231 g/mol. The van der Waals surface area contributed by atoms with Crippen LogP contribution in [0.1, 0.15) is 5.56 Å². The van der Waals surface area contributed by atoms with E-state index in [1.807, 2.05) is 0 Å². The minimum absolute atomic E-state index is 0.579. The SMILES string of the molecule is C=Cc1c(F)c(F)c(OB(O)O)c(F)c1F. The van der Waals surface area contributed by atoms with E-state index in [4.69, 9.17) is 10.0 Å². The molecule has 86 valence electrons. The third-order valence-corrected chi connectivity index (χ3v) is 1.68. The van der Waals surface area contributed by atoms with Crippen molar-refractivity contribution in [1.82, 2.24) is 0 Å². The first kappa shape index (κ1) is 12.5. The van der Waals surface area contributed by atoms with Gasteiger partial charge in [0.25, 0.3) is 0 Å². The number of hydrogen-bond acceptors (Lipinski definition) is 3. The minimum atomic E-state index is -2.60. The molecule has 0 heterocycles. The lowest BCUT2D eigenvalue weighted by Crippen LogP contribution is -2.23. The Kier molecular flexibility index (Phi) is 3.56. The maximum absolute atomic E-state index is 13.1. The molecule has 0 fully saturated rings. The molecule has 8 heteroatoms. The molecule has 0 bridgehead atoms. The number of rotatable bonds is 3. The van der Waals surface area contributed by atoms with E-state index in [0.717, 1.165) is 0 Å². The van der Waals surface area contributed by atoms with Crippen LogP contribution in [0.5, 0.6) is 5.75 Å². The van der Waals surface area contributed by atoms with Gasteiger partial charge >= 0.3 is 7.32 Å². The lowest BCUT2D eigenvalue weighted by Gasteiger charge is -2.10. The van der Waals surface area contributed by atoms with Crippen molar-refractivity contribution in [2.45, 2.75) is 0 Å². The predicted octanol–water partition coefficient (Wildman–Crippen LogP) is 1.23. The summed E-state index contributed by atoms with van der Waals surface area (Å²) in [6.07, 6.45) is 0.579. The van der Waals surface area contributed by atoms with Crippen LogP contribution in [0.2, 0.25) is 0 Å². The highest BCUT2D eigenvalue weighted by Gasteiger charge is 2.27. The fourth-order valence-electron chi connectivity index (χ4n) is 1.02. The Morgan fingerprint density at radius 2 is 1.44 bits per heavy atom. The van der Waals surface area contributed by atoms with Crippen LogP contribution in [-0.4, -0.2) is 17.4 Å². The Morgan fingerprint density at radius 3 is 1.75 bits per heavy atom. The summed E-state index contributed by atoms with van der Waals surface area (Å²) < 4.78 is 56.0. The summed E-state index contributed by atoms with van der Waals surface area (Å²) in [6, 6.07) is 0. The van der Waals surface area contributed by atoms with Crippen molar-refractivity contribution in [2.24, 2.45) is 0 Å². The van der Waals surface area contributed by atoms with Gasteiger partial charge in [0.1, 0.15) is 0 Å². The van der Waals surface area contributed by atoms with E-state index in [1.54, 1.807) is 0 Å². The van der Waals surface area contributed by atoms with Crippen LogP contribution in [0.25, 0.3) is 6.08 Å². The summed E-state index contributed by atoms with van der Waals surface area (Å²) in [4.78, 5) is 0. The average molecular weight is 236 g/mol. The second-order valence-corrected chi connectivity index (χ2v) is 2.65. The highest BCUT2D eigenvalue weighted by Crippen LogP contribution is 2.30. The zero-order valence-corrected chi connectivity index (χ0v) is 7.68. The van der Waals surface area contributed by atoms with Gasteiger partial charge in [0, 0.05) is 0 Å². The van der Waals surface area contributed by atoms with Crippen molar-refractivity contribution in [3.63, 3.8) is 0 Å². The minimum Gasteiger partial charge on any atom is -0.507 e. The molecule has 0 aromatic heterocycles. The van der Waals surface area contributed by atoms with Crippen molar-refractivity contribution in [2.75, 3.05) is 0 Å². The van der Waals surface area contributed by atoms with Crippen molar-refractivity contribution in [3.05, 3.63) is 35.4 Å². The molecule has 0 unspecified atom stereocenters. The molecule has 0 aliphatic rings. The smallest absolute Gasteiger partial charge is 0.507 e. The van der Waals surface area contributed by atoms with Crippen molar-refractivity contribution < 1.29 is 32.3 Å². The van der Waals surface area contributed by atoms with E-state index < -0.39 is 41.9 Å². The van der Waals surface area contributed by atoms with E-state index in [1.165, 1.54) is 0 Å². The zero-order chi connectivity index (χ0) is 12.5. The fourth-order valence-corrected chi connectivity index (χ4v) is 1.02. The Balaban J connectivity index is 3.47. The van der Waals surface area contributed by atoms with Gasteiger partial charge in [-0.3, -0.25) is 0 Å². The van der Waals surface area contributed by atoms with Crippen molar-refractivity contribution in [1.29, 1.82) is 0 Å². The molecule has 0 radical (unpaired) electrons. The molecule has 1 rings (SSSR count). The van der Waals surface area contributed by atoms with Gasteiger partial charge < -0.3 is 14.7 Å². The van der Waals surface area contributed by atoms with Gasteiger partial charge in [-0.2, -0.15) is 8.78 Å². The second-order valence-electron chi connectivity index (χ2n) is 2.65. The monoisotopic (exact) mass is 236 g/mol. The van der Waals surface area contributed by atoms with Crippen LogP contribution in [0.15, 0.2) is 6.58 Å².